The predicted molar refractivity (Wildman–Crippen MR) is 138 cm³/mol. The molecular formula is C30H33NO4. The number of hydrogen-bond acceptors (Lipinski definition) is 4. The van der Waals surface area contributed by atoms with E-state index < -0.39 is 5.60 Å². The molecule has 182 valence electrons. The van der Waals surface area contributed by atoms with Gasteiger partial charge in [-0.2, -0.15) is 0 Å². The van der Waals surface area contributed by atoms with Gasteiger partial charge in [-0.05, 0) is 85.9 Å². The van der Waals surface area contributed by atoms with Crippen LogP contribution in [-0.2, 0) is 0 Å². The Hall–Kier alpha value is -3.31. The lowest BCUT2D eigenvalue weighted by Crippen LogP contribution is -2.37. The van der Waals surface area contributed by atoms with Gasteiger partial charge in [0.05, 0.1) is 23.5 Å². The van der Waals surface area contributed by atoms with Crippen LogP contribution in [0.15, 0.2) is 48.5 Å². The number of carbonyl (C=O) groups is 1. The van der Waals surface area contributed by atoms with Gasteiger partial charge in [0.1, 0.15) is 11.5 Å². The molecule has 3 N–H and O–H groups in total. The Morgan fingerprint density at radius 3 is 2.49 bits per heavy atom. The summed E-state index contributed by atoms with van der Waals surface area (Å²) in [4.78, 5) is 17.1. The zero-order valence-corrected chi connectivity index (χ0v) is 20.2. The average molecular weight is 472 g/mol. The van der Waals surface area contributed by atoms with Crippen LogP contribution in [0.5, 0.6) is 11.5 Å². The number of ether oxygens (including phenoxy) is 1. The van der Waals surface area contributed by atoms with Gasteiger partial charge in [0.25, 0.3) is 0 Å². The first-order chi connectivity index (χ1) is 16.9. The first kappa shape index (κ1) is 23.4. The zero-order chi connectivity index (χ0) is 24.4. The number of aliphatic hydroxyl groups is 1. The molecule has 1 heterocycles. The maximum Gasteiger partial charge on any atom is 0.195 e. The van der Waals surface area contributed by atoms with Crippen molar-refractivity contribution in [3.63, 3.8) is 0 Å². The number of aromatic nitrogens is 1. The lowest BCUT2D eigenvalue weighted by molar-refractivity contribution is 0.103. The van der Waals surface area contributed by atoms with Crippen LogP contribution in [0.25, 0.3) is 23.4 Å². The van der Waals surface area contributed by atoms with E-state index in [9.17, 15) is 15.0 Å². The van der Waals surface area contributed by atoms with Crippen LogP contribution in [0.4, 0.5) is 0 Å². The van der Waals surface area contributed by atoms with Gasteiger partial charge in [-0.1, -0.05) is 38.2 Å². The highest BCUT2D eigenvalue weighted by Gasteiger charge is 2.25. The Balaban J connectivity index is 1.41. The number of H-pyrrole nitrogens is 1. The van der Waals surface area contributed by atoms with Gasteiger partial charge < -0.3 is 19.9 Å². The van der Waals surface area contributed by atoms with E-state index in [0.29, 0.717) is 29.8 Å². The molecule has 35 heavy (non-hydrogen) atoms. The summed E-state index contributed by atoms with van der Waals surface area (Å²) in [6.45, 7) is 2.46. The molecule has 0 saturated heterocycles. The van der Waals surface area contributed by atoms with Gasteiger partial charge in [0, 0.05) is 16.1 Å². The Morgan fingerprint density at radius 1 is 1.06 bits per heavy atom. The van der Waals surface area contributed by atoms with E-state index >= 15 is 0 Å². The molecule has 0 spiro atoms. The van der Waals surface area contributed by atoms with Crippen LogP contribution in [-0.4, -0.2) is 33.2 Å². The summed E-state index contributed by atoms with van der Waals surface area (Å²) in [5.41, 5.74) is 1.66. The third-order valence-corrected chi connectivity index (χ3v) is 7.26. The molecule has 1 atom stereocenters. The fraction of sp³-hybridized carbons (Fsp3) is 0.367. The lowest BCUT2D eigenvalue weighted by Gasteiger charge is -2.21. The van der Waals surface area contributed by atoms with E-state index in [1.807, 2.05) is 30.3 Å². The molecule has 0 aliphatic heterocycles. The highest BCUT2D eigenvalue weighted by atomic mass is 16.5. The largest absolute Gasteiger partial charge is 0.508 e. The molecule has 5 nitrogen and oxygen atoms in total. The molecular weight excluding hydrogens is 438 g/mol. The van der Waals surface area contributed by atoms with Crippen molar-refractivity contribution >= 4 is 17.9 Å². The number of aromatic amines is 1. The van der Waals surface area contributed by atoms with Gasteiger partial charge in [-0.15, -0.1) is 0 Å². The number of fused-ring (bicyclic) bond motifs is 1. The molecule has 5 heteroatoms. The number of ketones is 1. The van der Waals surface area contributed by atoms with Crippen LogP contribution < -0.4 is 15.3 Å². The summed E-state index contributed by atoms with van der Waals surface area (Å²) in [5.74, 6) is 1.63. The standard InChI is InChI=1S/C30H33NO4/c1-30(34)17-15-25-26(19-30)31-28(21-7-11-23(32)12-8-21)27(25)29(33)22-9-13-24(14-10-22)35-18-16-20-5-3-2-4-6-20/h7-15,19-20,31-32,34H,2-6,16-18H2,1H3. The number of carbonyl (C=O) groups excluding carboxylic acids is 1. The summed E-state index contributed by atoms with van der Waals surface area (Å²) in [6.07, 6.45) is 11.9. The monoisotopic (exact) mass is 471 g/mol. The number of aromatic hydroxyl groups is 1. The summed E-state index contributed by atoms with van der Waals surface area (Å²) in [5, 5.41) is 21.8. The first-order valence-corrected chi connectivity index (χ1v) is 12.6. The molecule has 1 fully saturated rings. The van der Waals surface area contributed by atoms with Gasteiger partial charge in [0.15, 0.2) is 5.78 Å². The number of hydrogen-bond donors (Lipinski definition) is 3. The SMILES string of the molecule is CC1(O)C=c2[nH]c(-c3ccc(O)cc3)c(C(=O)c3ccc(OCCC4CCCCC4)cc3)c2=CC1. The van der Waals surface area contributed by atoms with E-state index in [0.717, 1.165) is 34.2 Å². The van der Waals surface area contributed by atoms with E-state index in [-0.39, 0.29) is 11.5 Å². The van der Waals surface area contributed by atoms with Gasteiger partial charge >= 0.3 is 0 Å². The minimum absolute atomic E-state index is 0.0921. The molecule has 1 aromatic heterocycles. The van der Waals surface area contributed by atoms with Crippen LogP contribution in [0.3, 0.4) is 0 Å². The highest BCUT2D eigenvalue weighted by molar-refractivity contribution is 6.12. The van der Waals surface area contributed by atoms with Crippen molar-refractivity contribution in [1.82, 2.24) is 4.98 Å². The predicted octanol–water partition coefficient (Wildman–Crippen LogP) is 4.68. The highest BCUT2D eigenvalue weighted by Crippen LogP contribution is 2.27. The number of phenols is 1. The molecule has 0 bridgehead atoms. The fourth-order valence-corrected chi connectivity index (χ4v) is 5.28. The molecule has 3 aromatic rings. The Kier molecular flexibility index (Phi) is 6.52. The van der Waals surface area contributed by atoms with E-state index in [4.69, 9.17) is 4.74 Å². The van der Waals surface area contributed by atoms with Crippen molar-refractivity contribution in [1.29, 1.82) is 0 Å². The molecule has 2 aliphatic carbocycles. The Morgan fingerprint density at radius 2 is 1.77 bits per heavy atom. The molecule has 2 aromatic carbocycles. The van der Waals surface area contributed by atoms with Crippen LogP contribution in [0.2, 0.25) is 0 Å². The summed E-state index contributed by atoms with van der Waals surface area (Å²) in [7, 11) is 0. The Labute approximate surface area is 205 Å². The normalized spacial score (nSPS) is 19.9. The molecule has 0 radical (unpaired) electrons. The smallest absolute Gasteiger partial charge is 0.195 e. The van der Waals surface area contributed by atoms with E-state index in [1.54, 1.807) is 37.3 Å². The van der Waals surface area contributed by atoms with Crippen molar-refractivity contribution in [3.8, 4) is 22.8 Å². The van der Waals surface area contributed by atoms with Crippen molar-refractivity contribution < 1.29 is 19.7 Å². The molecule has 1 saturated carbocycles. The molecule has 2 aliphatic rings. The zero-order valence-electron chi connectivity index (χ0n) is 20.2. The maximum atomic E-state index is 13.7. The van der Waals surface area contributed by atoms with E-state index in [2.05, 4.69) is 4.98 Å². The van der Waals surface area contributed by atoms with Crippen LogP contribution in [0, 0.1) is 5.92 Å². The van der Waals surface area contributed by atoms with Crippen LogP contribution >= 0.6 is 0 Å². The van der Waals surface area contributed by atoms with Crippen LogP contribution in [0.1, 0.15) is 67.8 Å². The average Bonchev–Trinajstić information content (AvgIpc) is 3.22. The van der Waals surface area contributed by atoms with Crippen molar-refractivity contribution in [2.24, 2.45) is 5.92 Å². The third-order valence-electron chi connectivity index (χ3n) is 7.26. The second-order valence-corrected chi connectivity index (χ2v) is 10.2. The topological polar surface area (TPSA) is 82.5 Å². The Bertz CT molecular complexity index is 1310. The summed E-state index contributed by atoms with van der Waals surface area (Å²) < 4.78 is 5.97. The second-order valence-electron chi connectivity index (χ2n) is 10.2. The first-order valence-electron chi connectivity index (χ1n) is 12.6. The third kappa shape index (κ3) is 5.20. The molecule has 0 amide bonds. The number of rotatable bonds is 7. The second kappa shape index (κ2) is 9.74. The lowest BCUT2D eigenvalue weighted by atomic mass is 9.87. The fourth-order valence-electron chi connectivity index (χ4n) is 5.28. The number of benzene rings is 2. The van der Waals surface area contributed by atoms with Gasteiger partial charge in [-0.3, -0.25) is 4.79 Å². The quantitative estimate of drug-likeness (QED) is 0.437. The molecule has 1 unspecified atom stereocenters. The van der Waals surface area contributed by atoms with Crippen molar-refractivity contribution in [3.05, 3.63) is 70.2 Å². The summed E-state index contributed by atoms with van der Waals surface area (Å²) >= 11 is 0. The number of nitrogens with one attached hydrogen (secondary N) is 1. The molecule has 5 rings (SSSR count). The minimum Gasteiger partial charge on any atom is -0.508 e. The van der Waals surface area contributed by atoms with Crippen molar-refractivity contribution in [2.75, 3.05) is 6.61 Å². The minimum atomic E-state index is -0.971. The van der Waals surface area contributed by atoms with Gasteiger partial charge in [-0.25, -0.2) is 0 Å². The van der Waals surface area contributed by atoms with Gasteiger partial charge in [0.2, 0.25) is 0 Å². The number of phenolic OH excluding ortho intramolecular Hbond substituents is 1. The maximum absolute atomic E-state index is 13.7. The summed E-state index contributed by atoms with van der Waals surface area (Å²) in [6, 6.07) is 14.2. The van der Waals surface area contributed by atoms with E-state index in [1.165, 1.54) is 32.1 Å². The van der Waals surface area contributed by atoms with Crippen molar-refractivity contribution in [2.45, 2.75) is 57.5 Å².